The van der Waals surface area contributed by atoms with E-state index in [0.29, 0.717) is 17.9 Å². The SMILES string of the molecule is COS(=O)(=O)[O-].Cc1cc([N+](=O)[O-])c(NCCC[N+](C)(C)C)cc1N. The van der Waals surface area contributed by atoms with Crippen molar-refractivity contribution in [2.24, 2.45) is 0 Å². The van der Waals surface area contributed by atoms with Gasteiger partial charge < -0.3 is 20.1 Å². The zero-order chi connectivity index (χ0) is 19.8. The van der Waals surface area contributed by atoms with Gasteiger partial charge in [0, 0.05) is 24.7 Å². The van der Waals surface area contributed by atoms with E-state index < -0.39 is 10.4 Å². The van der Waals surface area contributed by atoms with Crippen LogP contribution in [0.5, 0.6) is 0 Å². The van der Waals surface area contributed by atoms with Gasteiger partial charge in [-0.15, -0.1) is 0 Å². The number of hydrogen-bond acceptors (Lipinski definition) is 8. The van der Waals surface area contributed by atoms with Gasteiger partial charge in [-0.2, -0.15) is 0 Å². The standard InChI is InChI=1S/C13H23N4O2.CH4O4S/c1-10-8-13(16(18)19)12(9-11(10)14)15-6-5-7-17(2,3)4;1-5-6(2,3)4/h8-9,15H,5-7,14H2,1-4H3;1H3,(H,2,3,4)/q+1;/p-1. The molecule has 0 bridgehead atoms. The number of nitrogen functional groups attached to an aromatic ring is 1. The molecule has 0 saturated carbocycles. The molecule has 1 rings (SSSR count). The van der Waals surface area contributed by atoms with Gasteiger partial charge in [0.05, 0.1) is 39.7 Å². The van der Waals surface area contributed by atoms with Crippen molar-refractivity contribution < 1.29 is 26.6 Å². The first-order valence-corrected chi connectivity index (χ1v) is 8.70. The van der Waals surface area contributed by atoms with Gasteiger partial charge in [0.15, 0.2) is 0 Å². The fourth-order valence-corrected chi connectivity index (χ4v) is 1.78. The van der Waals surface area contributed by atoms with Gasteiger partial charge in [-0.3, -0.25) is 14.3 Å². The van der Waals surface area contributed by atoms with E-state index in [4.69, 9.17) is 5.73 Å². The molecule has 3 N–H and O–H groups in total. The highest BCUT2D eigenvalue weighted by atomic mass is 32.3. The third-order valence-corrected chi connectivity index (χ3v) is 3.51. The molecule has 1 aromatic carbocycles. The smallest absolute Gasteiger partial charge is 0.292 e. The summed E-state index contributed by atoms with van der Waals surface area (Å²) in [6.45, 7) is 3.46. The van der Waals surface area contributed by atoms with E-state index in [1.165, 1.54) is 6.07 Å². The summed E-state index contributed by atoms with van der Waals surface area (Å²) in [5.74, 6) is 0. The predicted molar refractivity (Wildman–Crippen MR) is 95.0 cm³/mol. The fraction of sp³-hybridized carbons (Fsp3) is 0.571. The van der Waals surface area contributed by atoms with Gasteiger partial charge in [0.2, 0.25) is 10.4 Å². The molecule has 0 radical (unpaired) electrons. The Morgan fingerprint density at radius 2 is 1.84 bits per heavy atom. The van der Waals surface area contributed by atoms with Crippen LogP contribution in [0.15, 0.2) is 12.1 Å². The molecule has 0 heterocycles. The van der Waals surface area contributed by atoms with Crippen LogP contribution in [0.25, 0.3) is 0 Å². The number of rotatable bonds is 7. The van der Waals surface area contributed by atoms with Gasteiger partial charge in [-0.05, 0) is 18.6 Å². The van der Waals surface area contributed by atoms with Crippen LogP contribution < -0.4 is 11.1 Å². The number of nitro groups is 1. The average Bonchev–Trinajstić information content (AvgIpc) is 2.45. The van der Waals surface area contributed by atoms with Crippen molar-refractivity contribution in [3.05, 3.63) is 27.8 Å². The maximum absolute atomic E-state index is 11.0. The Labute approximate surface area is 148 Å². The van der Waals surface area contributed by atoms with Gasteiger partial charge >= 0.3 is 0 Å². The van der Waals surface area contributed by atoms with Crippen LogP contribution in [0.1, 0.15) is 12.0 Å². The third-order valence-electron chi connectivity index (χ3n) is 3.11. The summed E-state index contributed by atoms with van der Waals surface area (Å²) in [7, 11) is 2.75. The first-order valence-electron chi connectivity index (χ1n) is 7.37. The highest BCUT2D eigenvalue weighted by Gasteiger charge is 2.15. The van der Waals surface area contributed by atoms with E-state index in [1.54, 1.807) is 13.0 Å². The second kappa shape index (κ2) is 9.51. The van der Waals surface area contributed by atoms with E-state index in [2.05, 4.69) is 30.6 Å². The molecule has 0 spiro atoms. The second-order valence-corrected chi connectivity index (χ2v) is 7.50. The van der Waals surface area contributed by atoms with Crippen molar-refractivity contribution in [1.82, 2.24) is 0 Å². The molecule has 10 nitrogen and oxygen atoms in total. The number of hydrogen-bond donors (Lipinski definition) is 2. The van der Waals surface area contributed by atoms with Crippen LogP contribution in [0.3, 0.4) is 0 Å². The van der Waals surface area contributed by atoms with Crippen molar-refractivity contribution in [2.75, 3.05) is 52.4 Å². The zero-order valence-corrected chi connectivity index (χ0v) is 15.9. The number of nitrogens with one attached hydrogen (secondary N) is 1. The first kappa shape index (κ1) is 23.1. The molecule has 0 saturated heterocycles. The molecule has 0 fully saturated rings. The number of anilines is 2. The molecule has 0 aromatic heterocycles. The predicted octanol–water partition coefficient (Wildman–Crippen LogP) is 1.09. The third kappa shape index (κ3) is 10.5. The van der Waals surface area contributed by atoms with Crippen LogP contribution in [0.2, 0.25) is 0 Å². The molecule has 11 heteroatoms. The number of nitrogens with zero attached hydrogens (tertiary/aromatic N) is 2. The molecule has 0 unspecified atom stereocenters. The summed E-state index contributed by atoms with van der Waals surface area (Å²) < 4.78 is 31.9. The minimum absolute atomic E-state index is 0.0805. The Morgan fingerprint density at radius 1 is 1.32 bits per heavy atom. The minimum Gasteiger partial charge on any atom is -0.726 e. The second-order valence-electron chi connectivity index (χ2n) is 6.35. The fourth-order valence-electron chi connectivity index (χ4n) is 1.78. The lowest BCUT2D eigenvalue weighted by Gasteiger charge is -2.23. The molecule has 1 aromatic rings. The lowest BCUT2D eigenvalue weighted by atomic mass is 10.1. The van der Waals surface area contributed by atoms with Crippen LogP contribution in [-0.2, 0) is 14.6 Å². The van der Waals surface area contributed by atoms with Gasteiger partial charge in [-0.1, -0.05) is 0 Å². The zero-order valence-electron chi connectivity index (χ0n) is 15.1. The number of nitro benzene ring substituents is 1. The highest BCUT2D eigenvalue weighted by Crippen LogP contribution is 2.29. The summed E-state index contributed by atoms with van der Waals surface area (Å²) in [5.41, 5.74) is 7.67. The van der Waals surface area contributed by atoms with Gasteiger partial charge in [0.25, 0.3) is 5.69 Å². The Bertz CT molecular complexity index is 685. The van der Waals surface area contributed by atoms with E-state index in [9.17, 15) is 23.1 Å². The van der Waals surface area contributed by atoms with Crippen LogP contribution >= 0.6 is 0 Å². The summed E-state index contributed by atoms with van der Waals surface area (Å²) >= 11 is 0. The Hall–Kier alpha value is -1.95. The summed E-state index contributed by atoms with van der Waals surface area (Å²) in [4.78, 5) is 10.6. The van der Waals surface area contributed by atoms with Crippen LogP contribution in [-0.4, -0.2) is 63.7 Å². The highest BCUT2D eigenvalue weighted by molar-refractivity contribution is 7.80. The molecule has 0 aliphatic rings. The van der Waals surface area contributed by atoms with Crippen molar-refractivity contribution in [3.63, 3.8) is 0 Å². The molecule has 25 heavy (non-hydrogen) atoms. The molecule has 0 amide bonds. The normalized spacial score (nSPS) is 11.4. The van der Waals surface area contributed by atoms with Crippen molar-refractivity contribution in [1.29, 1.82) is 0 Å². The Kier molecular flexibility index (Phi) is 8.77. The van der Waals surface area contributed by atoms with E-state index >= 15 is 0 Å². The number of benzene rings is 1. The molecular weight excluding hydrogens is 352 g/mol. The lowest BCUT2D eigenvalue weighted by molar-refractivity contribution is -0.870. The first-order chi connectivity index (χ1) is 11.3. The molecule has 144 valence electrons. The largest absolute Gasteiger partial charge is 0.726 e. The molecule has 0 atom stereocenters. The van der Waals surface area contributed by atoms with E-state index in [1.807, 2.05) is 0 Å². The summed E-state index contributed by atoms with van der Waals surface area (Å²) in [5, 5.41) is 14.1. The Balaban J connectivity index is 0.000000823. The summed E-state index contributed by atoms with van der Waals surface area (Å²) in [6, 6.07) is 3.15. The van der Waals surface area contributed by atoms with Crippen LogP contribution in [0.4, 0.5) is 17.1 Å². The Morgan fingerprint density at radius 3 is 2.24 bits per heavy atom. The molecule has 0 aliphatic heterocycles. The number of nitrogens with two attached hydrogens (primary N) is 1. The maximum atomic E-state index is 11.0. The average molecular weight is 378 g/mol. The monoisotopic (exact) mass is 378 g/mol. The molecule has 0 aliphatic carbocycles. The molecular formula is C14H26N4O6S. The minimum atomic E-state index is -4.41. The topological polar surface area (TPSA) is 148 Å². The van der Waals surface area contributed by atoms with E-state index in [-0.39, 0.29) is 10.6 Å². The van der Waals surface area contributed by atoms with Crippen molar-refractivity contribution in [3.8, 4) is 0 Å². The van der Waals surface area contributed by atoms with Crippen molar-refractivity contribution >= 4 is 27.5 Å². The van der Waals surface area contributed by atoms with Crippen LogP contribution in [0, 0.1) is 17.0 Å². The number of quaternary nitrogens is 1. The lowest BCUT2D eigenvalue weighted by Crippen LogP contribution is -2.36. The maximum Gasteiger partial charge on any atom is 0.292 e. The van der Waals surface area contributed by atoms with Crippen molar-refractivity contribution in [2.45, 2.75) is 13.3 Å². The number of aryl methyl sites for hydroxylation is 1. The van der Waals surface area contributed by atoms with Gasteiger partial charge in [-0.25, -0.2) is 8.42 Å². The van der Waals surface area contributed by atoms with Gasteiger partial charge in [0.1, 0.15) is 5.69 Å². The quantitative estimate of drug-likeness (QED) is 0.136. The van der Waals surface area contributed by atoms with E-state index in [0.717, 1.165) is 30.1 Å². The summed E-state index contributed by atoms with van der Waals surface area (Å²) in [6.07, 6.45) is 0.939.